The minimum absolute atomic E-state index is 0.0227. The van der Waals surface area contributed by atoms with Gasteiger partial charge in [-0.05, 0) is 25.2 Å². The van der Waals surface area contributed by atoms with Gasteiger partial charge < -0.3 is 4.74 Å². The standard InChI is InChI=1S/C16H32O2/c1-6-7-8-9-10-11-12-16(17)18-15(5)14(4)13(2)3/h13-15H,6-12H2,1-5H3. The minimum Gasteiger partial charge on any atom is -0.462 e. The van der Waals surface area contributed by atoms with Gasteiger partial charge in [-0.3, -0.25) is 4.79 Å². The summed E-state index contributed by atoms with van der Waals surface area (Å²) in [5.74, 6) is 0.964. The predicted octanol–water partition coefficient (Wildman–Crippen LogP) is 4.96. The Hall–Kier alpha value is -0.530. The molecule has 0 radical (unpaired) electrons. The van der Waals surface area contributed by atoms with Crippen molar-refractivity contribution in [2.24, 2.45) is 11.8 Å². The number of ether oxygens (including phenoxy) is 1. The lowest BCUT2D eigenvalue weighted by Gasteiger charge is -2.23. The van der Waals surface area contributed by atoms with E-state index in [4.69, 9.17) is 4.74 Å². The van der Waals surface area contributed by atoms with E-state index in [1.165, 1.54) is 25.7 Å². The molecule has 2 nitrogen and oxygen atoms in total. The second kappa shape index (κ2) is 10.4. The first-order chi connectivity index (χ1) is 8.49. The molecule has 0 fully saturated rings. The summed E-state index contributed by atoms with van der Waals surface area (Å²) in [5, 5.41) is 0. The van der Waals surface area contributed by atoms with Gasteiger partial charge in [0.2, 0.25) is 0 Å². The highest BCUT2D eigenvalue weighted by Gasteiger charge is 2.19. The third-order valence-corrected chi connectivity index (χ3v) is 3.84. The van der Waals surface area contributed by atoms with Crippen LogP contribution in [0.5, 0.6) is 0 Å². The lowest BCUT2D eigenvalue weighted by molar-refractivity contribution is -0.151. The van der Waals surface area contributed by atoms with Gasteiger partial charge in [0, 0.05) is 6.42 Å². The maximum Gasteiger partial charge on any atom is 0.306 e. The molecule has 2 unspecified atom stereocenters. The Balaban J connectivity index is 3.59. The number of esters is 1. The van der Waals surface area contributed by atoms with Gasteiger partial charge in [0.05, 0.1) is 0 Å². The summed E-state index contributed by atoms with van der Waals surface area (Å²) in [5.41, 5.74) is 0. The minimum atomic E-state index is -0.0227. The lowest BCUT2D eigenvalue weighted by Crippen LogP contribution is -2.25. The smallest absolute Gasteiger partial charge is 0.306 e. The van der Waals surface area contributed by atoms with Crippen LogP contribution in [0.4, 0.5) is 0 Å². The van der Waals surface area contributed by atoms with Gasteiger partial charge in [-0.2, -0.15) is 0 Å². The first kappa shape index (κ1) is 17.5. The van der Waals surface area contributed by atoms with E-state index in [1.54, 1.807) is 0 Å². The number of rotatable bonds is 10. The Kier molecular flexibility index (Phi) is 10.1. The number of hydrogen-bond acceptors (Lipinski definition) is 2. The van der Waals surface area contributed by atoms with Gasteiger partial charge >= 0.3 is 5.97 Å². The Morgan fingerprint density at radius 2 is 1.50 bits per heavy atom. The maximum atomic E-state index is 11.6. The second-order valence-electron chi connectivity index (χ2n) is 5.82. The van der Waals surface area contributed by atoms with Crippen molar-refractivity contribution in [3.63, 3.8) is 0 Å². The van der Waals surface area contributed by atoms with Crippen LogP contribution in [0.2, 0.25) is 0 Å². The van der Waals surface area contributed by atoms with Crippen molar-refractivity contribution in [2.45, 2.75) is 85.7 Å². The number of carbonyl (C=O) groups excluding carboxylic acids is 1. The zero-order valence-corrected chi connectivity index (χ0v) is 13.0. The van der Waals surface area contributed by atoms with Gasteiger partial charge in [-0.25, -0.2) is 0 Å². The number of hydrogen-bond donors (Lipinski definition) is 0. The molecule has 108 valence electrons. The molecule has 0 amide bonds. The fraction of sp³-hybridized carbons (Fsp3) is 0.938. The van der Waals surface area contributed by atoms with Crippen LogP contribution in [0, 0.1) is 11.8 Å². The molecular formula is C16H32O2. The third-order valence-electron chi connectivity index (χ3n) is 3.84. The van der Waals surface area contributed by atoms with Crippen molar-refractivity contribution >= 4 is 5.97 Å². The fourth-order valence-corrected chi connectivity index (χ4v) is 1.97. The van der Waals surface area contributed by atoms with Gasteiger partial charge in [0.15, 0.2) is 0 Å². The fourth-order valence-electron chi connectivity index (χ4n) is 1.97. The van der Waals surface area contributed by atoms with Crippen LogP contribution in [0.1, 0.15) is 79.6 Å². The molecule has 0 N–H and O–H groups in total. The largest absolute Gasteiger partial charge is 0.462 e. The molecular weight excluding hydrogens is 224 g/mol. The Labute approximate surface area is 113 Å². The van der Waals surface area contributed by atoms with Crippen LogP contribution in [0.3, 0.4) is 0 Å². The summed E-state index contributed by atoms with van der Waals surface area (Å²) in [6, 6.07) is 0. The van der Waals surface area contributed by atoms with Crippen molar-refractivity contribution < 1.29 is 9.53 Å². The van der Waals surface area contributed by atoms with Crippen molar-refractivity contribution in [3.05, 3.63) is 0 Å². The zero-order chi connectivity index (χ0) is 14.0. The molecule has 0 saturated heterocycles. The maximum absolute atomic E-state index is 11.6. The van der Waals surface area contributed by atoms with E-state index in [0.29, 0.717) is 18.3 Å². The first-order valence-corrected chi connectivity index (χ1v) is 7.68. The molecule has 0 aliphatic carbocycles. The van der Waals surface area contributed by atoms with Crippen LogP contribution < -0.4 is 0 Å². The molecule has 2 atom stereocenters. The van der Waals surface area contributed by atoms with E-state index in [2.05, 4.69) is 27.7 Å². The van der Waals surface area contributed by atoms with E-state index in [1.807, 2.05) is 6.92 Å². The Morgan fingerprint density at radius 1 is 0.944 bits per heavy atom. The monoisotopic (exact) mass is 256 g/mol. The van der Waals surface area contributed by atoms with E-state index >= 15 is 0 Å². The van der Waals surface area contributed by atoms with E-state index in [9.17, 15) is 4.79 Å². The van der Waals surface area contributed by atoms with Gasteiger partial charge in [-0.1, -0.05) is 59.8 Å². The van der Waals surface area contributed by atoms with Crippen LogP contribution in [0.15, 0.2) is 0 Å². The van der Waals surface area contributed by atoms with Crippen LogP contribution in [0.25, 0.3) is 0 Å². The molecule has 0 saturated carbocycles. The molecule has 0 bridgehead atoms. The highest BCUT2D eigenvalue weighted by molar-refractivity contribution is 5.69. The van der Waals surface area contributed by atoms with Crippen LogP contribution >= 0.6 is 0 Å². The SMILES string of the molecule is CCCCCCCCC(=O)OC(C)C(C)C(C)C. The molecule has 0 heterocycles. The first-order valence-electron chi connectivity index (χ1n) is 7.68. The summed E-state index contributed by atoms with van der Waals surface area (Å²) in [6.45, 7) is 10.7. The van der Waals surface area contributed by atoms with Gasteiger partial charge in [-0.15, -0.1) is 0 Å². The quantitative estimate of drug-likeness (QED) is 0.408. The second-order valence-corrected chi connectivity index (χ2v) is 5.82. The topological polar surface area (TPSA) is 26.3 Å². The number of unbranched alkanes of at least 4 members (excludes halogenated alkanes) is 5. The lowest BCUT2D eigenvalue weighted by atomic mass is 9.93. The van der Waals surface area contributed by atoms with Gasteiger partial charge in [0.1, 0.15) is 6.10 Å². The Morgan fingerprint density at radius 3 is 2.06 bits per heavy atom. The summed E-state index contributed by atoms with van der Waals surface area (Å²) < 4.78 is 5.46. The average molecular weight is 256 g/mol. The summed E-state index contributed by atoms with van der Waals surface area (Å²) >= 11 is 0. The van der Waals surface area contributed by atoms with Crippen molar-refractivity contribution in [3.8, 4) is 0 Å². The summed E-state index contributed by atoms with van der Waals surface area (Å²) in [6.07, 6.45) is 7.89. The molecule has 0 aromatic heterocycles. The Bertz CT molecular complexity index is 211. The van der Waals surface area contributed by atoms with E-state index < -0.39 is 0 Å². The zero-order valence-electron chi connectivity index (χ0n) is 13.0. The predicted molar refractivity (Wildman–Crippen MR) is 77.5 cm³/mol. The average Bonchev–Trinajstić information content (AvgIpc) is 2.32. The third kappa shape index (κ3) is 8.54. The van der Waals surface area contributed by atoms with Crippen molar-refractivity contribution in [2.75, 3.05) is 0 Å². The molecule has 0 spiro atoms. The molecule has 2 heteroatoms. The van der Waals surface area contributed by atoms with Crippen LogP contribution in [-0.4, -0.2) is 12.1 Å². The highest BCUT2D eigenvalue weighted by atomic mass is 16.5. The van der Waals surface area contributed by atoms with E-state index in [-0.39, 0.29) is 12.1 Å². The van der Waals surface area contributed by atoms with E-state index in [0.717, 1.165) is 12.8 Å². The van der Waals surface area contributed by atoms with Gasteiger partial charge in [0.25, 0.3) is 0 Å². The molecule has 0 aliphatic heterocycles. The molecule has 0 aromatic carbocycles. The van der Waals surface area contributed by atoms with Crippen molar-refractivity contribution in [1.29, 1.82) is 0 Å². The number of carbonyl (C=O) groups is 1. The molecule has 0 aliphatic rings. The molecule has 0 rings (SSSR count). The summed E-state index contributed by atoms with van der Waals surface area (Å²) in [7, 11) is 0. The highest BCUT2D eigenvalue weighted by Crippen LogP contribution is 2.18. The molecule has 18 heavy (non-hydrogen) atoms. The normalized spacial score (nSPS) is 14.6. The van der Waals surface area contributed by atoms with Crippen molar-refractivity contribution in [1.82, 2.24) is 0 Å². The molecule has 0 aromatic rings. The summed E-state index contributed by atoms with van der Waals surface area (Å²) in [4.78, 5) is 11.6. The van der Waals surface area contributed by atoms with Crippen LogP contribution in [-0.2, 0) is 9.53 Å².